The van der Waals surface area contributed by atoms with Gasteiger partial charge in [-0.2, -0.15) is 0 Å². The minimum absolute atomic E-state index is 0.0228. The maximum Gasteiger partial charge on any atom is 0.323 e. The quantitative estimate of drug-likeness (QED) is 0.276. The number of rotatable bonds is 8. The predicted octanol–water partition coefficient (Wildman–Crippen LogP) is 6.26. The summed E-state index contributed by atoms with van der Waals surface area (Å²) in [5, 5.41) is 15.9. The molecule has 0 unspecified atom stereocenters. The molecule has 0 bridgehead atoms. The zero-order valence-electron chi connectivity index (χ0n) is 26.9. The number of fused-ring (bicyclic) bond motifs is 1. The molecule has 0 radical (unpaired) electrons. The van der Waals surface area contributed by atoms with Crippen LogP contribution in [0.4, 0.5) is 16.2 Å². The van der Waals surface area contributed by atoms with Crippen molar-refractivity contribution in [1.29, 1.82) is 0 Å². The molecule has 9 heteroatoms. The van der Waals surface area contributed by atoms with Gasteiger partial charge in [0.1, 0.15) is 5.75 Å². The van der Waals surface area contributed by atoms with Crippen LogP contribution in [0.2, 0.25) is 0 Å². The van der Waals surface area contributed by atoms with E-state index in [0.29, 0.717) is 42.4 Å². The normalized spacial score (nSPS) is 20.4. The number of aliphatic hydroxyl groups is 1. The fraction of sp³-hybridized carbons (Fsp3) is 0.444. The molecule has 242 valence electrons. The van der Waals surface area contributed by atoms with Gasteiger partial charge in [-0.15, -0.1) is 0 Å². The molecule has 3 N–H and O–H groups in total. The molecule has 3 amide bonds. The van der Waals surface area contributed by atoms with Gasteiger partial charge in [-0.25, -0.2) is 4.79 Å². The number of urea groups is 1. The molecular weight excluding hydrogens is 568 g/mol. The fourth-order valence-corrected chi connectivity index (χ4v) is 5.54. The third-order valence-electron chi connectivity index (χ3n) is 8.13. The molecular formula is C36H48N4O5. The van der Waals surface area contributed by atoms with Crippen molar-refractivity contribution in [2.24, 2.45) is 5.92 Å². The van der Waals surface area contributed by atoms with Crippen molar-refractivity contribution in [2.45, 2.75) is 64.8 Å². The van der Waals surface area contributed by atoms with E-state index < -0.39 is 12.1 Å². The number of nitrogens with one attached hydrogen (secondary N) is 2. The van der Waals surface area contributed by atoms with E-state index in [4.69, 9.17) is 9.47 Å². The number of hydrogen-bond donors (Lipinski definition) is 3. The van der Waals surface area contributed by atoms with Gasteiger partial charge in [0.05, 0.1) is 30.4 Å². The van der Waals surface area contributed by atoms with Crippen LogP contribution in [0.25, 0.3) is 0 Å². The van der Waals surface area contributed by atoms with Crippen molar-refractivity contribution in [2.75, 3.05) is 44.0 Å². The highest BCUT2D eigenvalue weighted by Crippen LogP contribution is 2.29. The number of amides is 3. The van der Waals surface area contributed by atoms with E-state index in [1.54, 1.807) is 35.2 Å². The van der Waals surface area contributed by atoms with Crippen LogP contribution < -0.4 is 15.4 Å². The molecule has 0 saturated heterocycles. The molecule has 0 aromatic heterocycles. The first-order valence-corrected chi connectivity index (χ1v) is 15.9. The molecule has 3 aromatic rings. The smallest absolute Gasteiger partial charge is 0.323 e. The molecule has 3 aromatic carbocycles. The van der Waals surface area contributed by atoms with Gasteiger partial charge >= 0.3 is 6.03 Å². The molecule has 1 heterocycles. The van der Waals surface area contributed by atoms with E-state index >= 15 is 0 Å². The minimum atomic E-state index is -0.446. The van der Waals surface area contributed by atoms with E-state index in [1.165, 1.54) is 5.56 Å². The SMILES string of the molecule is C[C@@H]1CCCCO[C@@H](CN(C)Cc2ccccc2)[C@H](C)CN([C@H](C)CO)C(=O)c2cc(NC(=O)Nc3ccccc3)ccc2O1. The number of benzene rings is 3. The van der Waals surface area contributed by atoms with Crippen LogP contribution in [0.15, 0.2) is 78.9 Å². The maximum absolute atomic E-state index is 14.3. The van der Waals surface area contributed by atoms with Crippen LogP contribution in [0.5, 0.6) is 5.75 Å². The molecule has 0 spiro atoms. The van der Waals surface area contributed by atoms with Crippen LogP contribution in [-0.4, -0.2) is 78.4 Å². The first-order chi connectivity index (χ1) is 21.7. The number of aliphatic hydroxyl groups excluding tert-OH is 1. The first-order valence-electron chi connectivity index (χ1n) is 15.9. The Morgan fingerprint density at radius 1 is 1.00 bits per heavy atom. The number of carbonyl (C=O) groups is 2. The molecule has 0 aliphatic carbocycles. The Labute approximate surface area is 267 Å². The highest BCUT2D eigenvalue weighted by molar-refractivity contribution is 6.02. The molecule has 45 heavy (non-hydrogen) atoms. The largest absolute Gasteiger partial charge is 0.490 e. The van der Waals surface area contributed by atoms with Crippen LogP contribution in [0, 0.1) is 5.92 Å². The van der Waals surface area contributed by atoms with Gasteiger partial charge < -0.3 is 30.1 Å². The molecule has 1 aliphatic rings. The zero-order valence-corrected chi connectivity index (χ0v) is 26.9. The summed E-state index contributed by atoms with van der Waals surface area (Å²) in [6, 6.07) is 23.8. The van der Waals surface area contributed by atoms with Gasteiger partial charge in [-0.3, -0.25) is 9.69 Å². The van der Waals surface area contributed by atoms with Crippen molar-refractivity contribution in [3.05, 3.63) is 90.0 Å². The molecule has 4 rings (SSSR count). The molecule has 0 saturated carbocycles. The Kier molecular flexibility index (Phi) is 12.8. The van der Waals surface area contributed by atoms with Gasteiger partial charge in [-0.05, 0) is 76.1 Å². The number of para-hydroxylation sites is 1. The maximum atomic E-state index is 14.3. The third-order valence-corrected chi connectivity index (χ3v) is 8.13. The second-order valence-corrected chi connectivity index (χ2v) is 12.1. The molecule has 9 nitrogen and oxygen atoms in total. The van der Waals surface area contributed by atoms with Crippen LogP contribution in [0.3, 0.4) is 0 Å². The lowest BCUT2D eigenvalue weighted by Crippen LogP contribution is -2.47. The Bertz CT molecular complexity index is 1360. The number of anilines is 2. The van der Waals surface area contributed by atoms with Crippen molar-refractivity contribution >= 4 is 23.3 Å². The van der Waals surface area contributed by atoms with E-state index in [9.17, 15) is 14.7 Å². The summed E-state index contributed by atoms with van der Waals surface area (Å²) < 4.78 is 12.8. The summed E-state index contributed by atoms with van der Waals surface area (Å²) in [5.74, 6) is 0.160. The number of nitrogens with zero attached hydrogens (tertiary/aromatic N) is 2. The van der Waals surface area contributed by atoms with Crippen molar-refractivity contribution in [3.8, 4) is 5.75 Å². The van der Waals surface area contributed by atoms with Crippen molar-refractivity contribution < 1.29 is 24.2 Å². The standard InChI is InChI=1S/C36H48N4O5/c1-26-22-40(27(2)25-41)35(42)32-21-31(38-36(43)37-30-16-9-6-10-17-30)18-19-33(32)45-28(3)13-11-12-20-44-34(26)24-39(4)23-29-14-7-5-8-15-29/h5-10,14-19,21,26-28,34,41H,11-13,20,22-25H2,1-4H3,(H2,37,38,43)/t26-,27-,28-,34+/m1/s1. The van der Waals surface area contributed by atoms with Crippen molar-refractivity contribution in [3.63, 3.8) is 0 Å². The Balaban J connectivity index is 1.59. The Hall–Kier alpha value is -3.92. The average molecular weight is 617 g/mol. The molecule has 0 fully saturated rings. The number of ether oxygens (including phenoxy) is 2. The Morgan fingerprint density at radius 3 is 2.40 bits per heavy atom. The fourth-order valence-electron chi connectivity index (χ4n) is 5.54. The van der Waals surface area contributed by atoms with Crippen LogP contribution in [0.1, 0.15) is 56.0 Å². The van der Waals surface area contributed by atoms with Gasteiger partial charge in [0, 0.05) is 43.5 Å². The van der Waals surface area contributed by atoms with E-state index in [1.807, 2.05) is 50.2 Å². The minimum Gasteiger partial charge on any atom is -0.490 e. The zero-order chi connectivity index (χ0) is 32.2. The summed E-state index contributed by atoms with van der Waals surface area (Å²) in [4.78, 5) is 31.0. The summed E-state index contributed by atoms with van der Waals surface area (Å²) in [5.41, 5.74) is 2.68. The lowest BCUT2D eigenvalue weighted by atomic mass is 10.0. The summed E-state index contributed by atoms with van der Waals surface area (Å²) >= 11 is 0. The lowest BCUT2D eigenvalue weighted by molar-refractivity contribution is -0.0177. The van der Waals surface area contributed by atoms with Crippen molar-refractivity contribution in [1.82, 2.24) is 9.80 Å². The highest BCUT2D eigenvalue weighted by atomic mass is 16.5. The lowest BCUT2D eigenvalue weighted by Gasteiger charge is -2.36. The van der Waals surface area contributed by atoms with Gasteiger partial charge in [0.15, 0.2) is 0 Å². The first kappa shape index (κ1) is 34.0. The highest BCUT2D eigenvalue weighted by Gasteiger charge is 2.30. The predicted molar refractivity (Wildman–Crippen MR) is 179 cm³/mol. The second kappa shape index (κ2) is 17.0. The molecule has 1 aliphatic heterocycles. The average Bonchev–Trinajstić information content (AvgIpc) is 3.03. The summed E-state index contributed by atoms with van der Waals surface area (Å²) in [6.45, 7) is 8.24. The van der Waals surface area contributed by atoms with Gasteiger partial charge in [0.2, 0.25) is 0 Å². The Morgan fingerprint density at radius 2 is 1.69 bits per heavy atom. The van der Waals surface area contributed by atoms with Crippen LogP contribution >= 0.6 is 0 Å². The third kappa shape index (κ3) is 10.3. The van der Waals surface area contributed by atoms with Gasteiger partial charge in [0.25, 0.3) is 5.91 Å². The second-order valence-electron chi connectivity index (χ2n) is 12.1. The summed E-state index contributed by atoms with van der Waals surface area (Å²) in [6.07, 6.45) is 2.39. The number of hydrogen-bond acceptors (Lipinski definition) is 6. The van der Waals surface area contributed by atoms with E-state index in [-0.39, 0.29) is 30.6 Å². The van der Waals surface area contributed by atoms with E-state index in [0.717, 1.165) is 25.8 Å². The van der Waals surface area contributed by atoms with Crippen LogP contribution in [-0.2, 0) is 11.3 Å². The summed E-state index contributed by atoms with van der Waals surface area (Å²) in [7, 11) is 2.09. The number of likely N-dealkylation sites (N-methyl/N-ethyl adjacent to an activating group) is 1. The van der Waals surface area contributed by atoms with E-state index in [2.05, 4.69) is 41.6 Å². The molecule has 4 atom stereocenters. The topological polar surface area (TPSA) is 103 Å². The van der Waals surface area contributed by atoms with Gasteiger partial charge in [-0.1, -0.05) is 55.5 Å². The number of carbonyl (C=O) groups excluding carboxylic acids is 2. The monoisotopic (exact) mass is 616 g/mol.